The number of nitrogens with two attached hydrogens (primary N) is 2. The standard InChI is InChI=1S/C34H44N8O4/c1-33(2,3)23-12-14-24(15-13-23)40-32(36)43-17-9-16-41(18-22-10-7-6-8-11-22)19-25-27-28(46-34(4,5)45-27)31(44-25)42-21-39-26-29(35)37-20-38-30(26)42/h6-8,10-15,20-21,25,27-28,31H,9,16-19H2,1-5H3,(H2,36,40)(H2,35,37,38)/t25-,27-,28-,31-/m1/s1. The van der Waals surface area contributed by atoms with Crippen LogP contribution >= 0.6 is 0 Å². The number of hydrogen-bond acceptors (Lipinski definition) is 10. The number of nitrogen functional groups attached to an aromatic ring is 1. The van der Waals surface area contributed by atoms with Gasteiger partial charge < -0.3 is 30.4 Å². The lowest BCUT2D eigenvalue weighted by atomic mass is 9.87. The van der Waals surface area contributed by atoms with Crippen LogP contribution in [0.2, 0.25) is 0 Å². The molecule has 0 radical (unpaired) electrons. The van der Waals surface area contributed by atoms with Crippen LogP contribution in [0.5, 0.6) is 0 Å². The Bertz CT molecular complexity index is 1650. The van der Waals surface area contributed by atoms with Gasteiger partial charge in [0.25, 0.3) is 6.02 Å². The lowest BCUT2D eigenvalue weighted by molar-refractivity contribution is -0.198. The van der Waals surface area contributed by atoms with Gasteiger partial charge in [-0.25, -0.2) is 15.0 Å². The first-order chi connectivity index (χ1) is 22.0. The second-order valence-electron chi connectivity index (χ2n) is 13.4. The Morgan fingerprint density at radius 2 is 1.76 bits per heavy atom. The first-order valence-electron chi connectivity index (χ1n) is 15.7. The molecule has 4 heterocycles. The summed E-state index contributed by atoms with van der Waals surface area (Å²) in [6, 6.07) is 18.6. The number of aliphatic imine (C=N–C) groups is 1. The number of anilines is 1. The largest absolute Gasteiger partial charge is 0.465 e. The Morgan fingerprint density at radius 3 is 2.50 bits per heavy atom. The van der Waals surface area contributed by atoms with E-state index >= 15 is 0 Å². The van der Waals surface area contributed by atoms with Crippen LogP contribution in [0, 0.1) is 0 Å². The summed E-state index contributed by atoms with van der Waals surface area (Å²) in [7, 11) is 0. The van der Waals surface area contributed by atoms with Crippen molar-refractivity contribution >= 4 is 28.7 Å². The fourth-order valence-electron chi connectivity index (χ4n) is 6.08. The van der Waals surface area contributed by atoms with E-state index in [4.69, 9.17) is 30.4 Å². The van der Waals surface area contributed by atoms with Crippen LogP contribution in [0.25, 0.3) is 11.2 Å². The molecule has 2 aromatic carbocycles. The molecule has 2 aromatic heterocycles. The number of benzene rings is 2. The van der Waals surface area contributed by atoms with Gasteiger partial charge in [-0.2, -0.15) is 4.99 Å². The molecule has 244 valence electrons. The SMILES string of the molecule is CC1(C)O[C@@H]2[C@H](O1)[C@@H](CN(CCCOC(N)=Nc1ccc(C(C)(C)C)cc1)Cc1ccccc1)O[C@H]2n1cnc2c(N)ncnc21. The predicted molar refractivity (Wildman–Crippen MR) is 176 cm³/mol. The highest BCUT2D eigenvalue weighted by molar-refractivity contribution is 5.81. The fourth-order valence-corrected chi connectivity index (χ4v) is 6.08. The van der Waals surface area contributed by atoms with Gasteiger partial charge in [-0.15, -0.1) is 0 Å². The zero-order valence-corrected chi connectivity index (χ0v) is 27.2. The van der Waals surface area contributed by atoms with Crippen molar-refractivity contribution in [2.24, 2.45) is 10.7 Å². The van der Waals surface area contributed by atoms with Crippen molar-refractivity contribution in [3.05, 3.63) is 78.4 Å². The summed E-state index contributed by atoms with van der Waals surface area (Å²) in [4.78, 5) is 19.7. The van der Waals surface area contributed by atoms with E-state index in [9.17, 15) is 0 Å². The highest BCUT2D eigenvalue weighted by Gasteiger charge is 2.56. The maximum absolute atomic E-state index is 6.68. The maximum atomic E-state index is 6.68. The maximum Gasteiger partial charge on any atom is 0.287 e. The summed E-state index contributed by atoms with van der Waals surface area (Å²) < 4.78 is 27.2. The molecule has 12 heteroatoms. The van der Waals surface area contributed by atoms with E-state index in [-0.39, 0.29) is 29.7 Å². The minimum atomic E-state index is -0.762. The smallest absolute Gasteiger partial charge is 0.287 e. The van der Waals surface area contributed by atoms with Gasteiger partial charge in [0, 0.05) is 19.6 Å². The Morgan fingerprint density at radius 1 is 1.02 bits per heavy atom. The number of nitrogens with zero attached hydrogens (tertiary/aromatic N) is 6. The molecule has 0 unspecified atom stereocenters. The van der Waals surface area contributed by atoms with E-state index in [1.807, 2.05) is 48.7 Å². The van der Waals surface area contributed by atoms with Gasteiger partial charge in [0.2, 0.25) is 0 Å². The topological polar surface area (TPSA) is 148 Å². The predicted octanol–water partition coefficient (Wildman–Crippen LogP) is 4.68. The quantitative estimate of drug-likeness (QED) is 0.144. The third-order valence-corrected chi connectivity index (χ3v) is 8.31. The zero-order chi connectivity index (χ0) is 32.5. The van der Waals surface area contributed by atoms with E-state index in [0.29, 0.717) is 30.1 Å². The lowest BCUT2D eigenvalue weighted by Gasteiger charge is -2.29. The van der Waals surface area contributed by atoms with E-state index in [2.05, 4.69) is 69.9 Å². The van der Waals surface area contributed by atoms with Gasteiger partial charge in [0.05, 0.1) is 18.6 Å². The van der Waals surface area contributed by atoms with E-state index in [1.165, 1.54) is 17.5 Å². The van der Waals surface area contributed by atoms with Crippen LogP contribution in [-0.4, -0.2) is 74.2 Å². The summed E-state index contributed by atoms with van der Waals surface area (Å²) in [6.07, 6.45) is 2.43. The second-order valence-corrected chi connectivity index (χ2v) is 13.4. The average Bonchev–Trinajstić information content (AvgIpc) is 3.67. The molecule has 2 fully saturated rings. The van der Waals surface area contributed by atoms with Crippen molar-refractivity contribution in [3.8, 4) is 0 Å². The first-order valence-corrected chi connectivity index (χ1v) is 15.7. The summed E-state index contributed by atoms with van der Waals surface area (Å²) >= 11 is 0. The minimum Gasteiger partial charge on any atom is -0.465 e. The molecular formula is C34H44N8O4. The lowest BCUT2D eigenvalue weighted by Crippen LogP contribution is -2.40. The molecule has 46 heavy (non-hydrogen) atoms. The number of imidazole rings is 1. The van der Waals surface area contributed by atoms with Crippen molar-refractivity contribution < 1.29 is 18.9 Å². The van der Waals surface area contributed by atoms with Gasteiger partial charge in [-0.1, -0.05) is 63.2 Å². The molecular weight excluding hydrogens is 584 g/mol. The second kappa shape index (κ2) is 13.0. The molecule has 4 atom stereocenters. The van der Waals surface area contributed by atoms with Gasteiger partial charge in [0.15, 0.2) is 23.5 Å². The number of amidine groups is 1. The molecule has 0 saturated carbocycles. The third kappa shape index (κ3) is 7.15. The fraction of sp³-hybridized carbons (Fsp3) is 0.471. The third-order valence-electron chi connectivity index (χ3n) is 8.31. The van der Waals surface area contributed by atoms with Crippen molar-refractivity contribution in [1.29, 1.82) is 0 Å². The molecule has 4 N–H and O–H groups in total. The molecule has 12 nitrogen and oxygen atoms in total. The number of fused-ring (bicyclic) bond motifs is 2. The summed E-state index contributed by atoms with van der Waals surface area (Å²) in [6.45, 7) is 12.9. The normalized spacial score (nSPS) is 22.9. The number of aromatic nitrogens is 4. The van der Waals surface area contributed by atoms with E-state index < -0.39 is 12.0 Å². The average molecular weight is 629 g/mol. The van der Waals surface area contributed by atoms with Crippen molar-refractivity contribution in [2.75, 3.05) is 25.4 Å². The zero-order valence-electron chi connectivity index (χ0n) is 27.2. The summed E-state index contributed by atoms with van der Waals surface area (Å²) in [5.74, 6) is -0.443. The molecule has 0 aliphatic carbocycles. The van der Waals surface area contributed by atoms with Crippen LogP contribution in [0.3, 0.4) is 0 Å². The molecule has 4 aromatic rings. The van der Waals surface area contributed by atoms with E-state index in [0.717, 1.165) is 25.2 Å². The van der Waals surface area contributed by atoms with Gasteiger partial charge in [0.1, 0.15) is 30.2 Å². The number of ether oxygens (including phenoxy) is 4. The molecule has 6 rings (SSSR count). The highest BCUT2D eigenvalue weighted by Crippen LogP contribution is 2.44. The Kier molecular flexibility index (Phi) is 8.97. The summed E-state index contributed by atoms with van der Waals surface area (Å²) in [5.41, 5.74) is 16.6. The molecule has 0 bridgehead atoms. The van der Waals surface area contributed by atoms with Gasteiger partial charge in [-0.3, -0.25) is 9.47 Å². The van der Waals surface area contributed by atoms with Crippen molar-refractivity contribution in [3.63, 3.8) is 0 Å². The summed E-state index contributed by atoms with van der Waals surface area (Å²) in [5, 5.41) is 0. The Labute approximate surface area is 269 Å². The minimum absolute atomic E-state index is 0.0751. The van der Waals surface area contributed by atoms with Crippen LogP contribution < -0.4 is 11.5 Å². The highest BCUT2D eigenvalue weighted by atomic mass is 16.8. The monoisotopic (exact) mass is 628 g/mol. The van der Waals surface area contributed by atoms with Crippen LogP contribution in [0.4, 0.5) is 11.5 Å². The van der Waals surface area contributed by atoms with Gasteiger partial charge in [-0.05, 0) is 48.9 Å². The van der Waals surface area contributed by atoms with Crippen LogP contribution in [-0.2, 0) is 30.9 Å². The van der Waals surface area contributed by atoms with Gasteiger partial charge >= 0.3 is 0 Å². The van der Waals surface area contributed by atoms with Crippen molar-refractivity contribution in [1.82, 2.24) is 24.4 Å². The molecule has 2 saturated heterocycles. The Hall–Kier alpha value is -4.10. The van der Waals surface area contributed by atoms with E-state index in [1.54, 1.807) is 6.33 Å². The molecule has 2 aliphatic heterocycles. The van der Waals surface area contributed by atoms with Crippen molar-refractivity contribution in [2.45, 2.75) is 83.3 Å². The number of hydrogen-bond donors (Lipinski definition) is 2. The first kappa shape index (κ1) is 31.9. The number of rotatable bonds is 10. The van der Waals surface area contributed by atoms with Crippen LogP contribution in [0.1, 0.15) is 58.4 Å². The molecule has 0 amide bonds. The Balaban J connectivity index is 1.13. The molecule has 0 spiro atoms. The molecule has 2 aliphatic rings. The van der Waals surface area contributed by atoms with Crippen LogP contribution in [0.15, 0.2) is 72.2 Å².